The largest absolute Gasteiger partial charge is 0.493 e. The van der Waals surface area contributed by atoms with E-state index in [1.54, 1.807) is 14.2 Å². The number of nitrogens with one attached hydrogen (secondary N) is 1. The maximum absolute atomic E-state index is 12.4. The first kappa shape index (κ1) is 17.9. The zero-order valence-electron chi connectivity index (χ0n) is 15.1. The highest BCUT2D eigenvalue weighted by Gasteiger charge is 2.12. The number of ether oxygens (including phenoxy) is 2. The van der Waals surface area contributed by atoms with Gasteiger partial charge < -0.3 is 9.47 Å². The third-order valence-electron chi connectivity index (χ3n) is 4.17. The van der Waals surface area contributed by atoms with Crippen molar-refractivity contribution in [2.75, 3.05) is 19.5 Å². The molecule has 0 fully saturated rings. The molecule has 0 spiro atoms. The van der Waals surface area contributed by atoms with Crippen LogP contribution in [0.5, 0.6) is 11.5 Å². The molecule has 6 heteroatoms. The first-order valence-electron chi connectivity index (χ1n) is 8.08. The van der Waals surface area contributed by atoms with Gasteiger partial charge in [-0.15, -0.1) is 11.3 Å². The predicted molar refractivity (Wildman–Crippen MR) is 105 cm³/mol. The number of amides is 1. The van der Waals surface area contributed by atoms with Gasteiger partial charge in [0.2, 0.25) is 0 Å². The van der Waals surface area contributed by atoms with Crippen molar-refractivity contribution in [3.63, 3.8) is 0 Å². The van der Waals surface area contributed by atoms with Crippen LogP contribution in [-0.4, -0.2) is 25.1 Å². The van der Waals surface area contributed by atoms with Crippen LogP contribution in [0.15, 0.2) is 41.8 Å². The van der Waals surface area contributed by atoms with Crippen LogP contribution in [0.25, 0.3) is 11.3 Å². The van der Waals surface area contributed by atoms with Gasteiger partial charge >= 0.3 is 0 Å². The number of anilines is 1. The Hall–Kier alpha value is -2.86. The molecule has 0 saturated heterocycles. The minimum absolute atomic E-state index is 0.165. The van der Waals surface area contributed by atoms with Gasteiger partial charge in [0.05, 0.1) is 19.9 Å². The van der Waals surface area contributed by atoms with Crippen LogP contribution < -0.4 is 14.8 Å². The van der Waals surface area contributed by atoms with Crippen molar-refractivity contribution in [1.29, 1.82) is 0 Å². The molecule has 2 aromatic carbocycles. The first-order valence-corrected chi connectivity index (χ1v) is 8.96. The molecule has 5 nitrogen and oxygen atoms in total. The van der Waals surface area contributed by atoms with Crippen LogP contribution in [0.2, 0.25) is 0 Å². The minimum Gasteiger partial charge on any atom is -0.493 e. The molecule has 3 rings (SSSR count). The van der Waals surface area contributed by atoms with Crippen molar-refractivity contribution in [3.8, 4) is 22.8 Å². The fourth-order valence-electron chi connectivity index (χ4n) is 2.51. The molecular formula is C20H20N2O3S. The van der Waals surface area contributed by atoms with E-state index in [1.165, 1.54) is 11.3 Å². The van der Waals surface area contributed by atoms with Crippen molar-refractivity contribution in [1.82, 2.24) is 4.98 Å². The van der Waals surface area contributed by atoms with Crippen molar-refractivity contribution in [2.45, 2.75) is 13.8 Å². The van der Waals surface area contributed by atoms with Crippen LogP contribution in [0.4, 0.5) is 5.13 Å². The lowest BCUT2D eigenvalue weighted by molar-refractivity contribution is 0.102. The molecule has 26 heavy (non-hydrogen) atoms. The van der Waals surface area contributed by atoms with Gasteiger partial charge in [-0.3, -0.25) is 10.1 Å². The summed E-state index contributed by atoms with van der Waals surface area (Å²) < 4.78 is 10.6. The average molecular weight is 368 g/mol. The lowest BCUT2D eigenvalue weighted by Gasteiger charge is -2.08. The molecule has 0 bridgehead atoms. The molecule has 0 aliphatic rings. The summed E-state index contributed by atoms with van der Waals surface area (Å²) in [6.45, 7) is 4.01. The molecule has 0 aliphatic carbocycles. The summed E-state index contributed by atoms with van der Waals surface area (Å²) in [6.07, 6.45) is 0. The lowest BCUT2D eigenvalue weighted by atomic mass is 10.1. The Labute approximate surface area is 156 Å². The Balaban J connectivity index is 1.79. The molecule has 134 valence electrons. The molecule has 1 N–H and O–H groups in total. The molecule has 1 aromatic heterocycles. The molecule has 0 saturated carbocycles. The number of thiazole rings is 1. The van der Waals surface area contributed by atoms with Gasteiger partial charge in [0.1, 0.15) is 0 Å². The number of carbonyl (C=O) groups is 1. The van der Waals surface area contributed by atoms with Gasteiger partial charge in [-0.2, -0.15) is 0 Å². The van der Waals surface area contributed by atoms with Crippen LogP contribution in [-0.2, 0) is 0 Å². The van der Waals surface area contributed by atoms with Crippen molar-refractivity contribution >= 4 is 22.4 Å². The third kappa shape index (κ3) is 3.70. The van der Waals surface area contributed by atoms with E-state index in [0.29, 0.717) is 22.2 Å². The predicted octanol–water partition coefficient (Wildman–Crippen LogP) is 4.70. The summed E-state index contributed by atoms with van der Waals surface area (Å²) in [5.41, 5.74) is 4.53. The van der Waals surface area contributed by atoms with E-state index in [9.17, 15) is 4.79 Å². The number of hydrogen-bond acceptors (Lipinski definition) is 5. The highest BCUT2D eigenvalue weighted by Crippen LogP contribution is 2.33. The van der Waals surface area contributed by atoms with E-state index in [2.05, 4.69) is 10.3 Å². The smallest absolute Gasteiger partial charge is 0.257 e. The quantitative estimate of drug-likeness (QED) is 0.709. The number of nitrogens with zero attached hydrogens (tertiary/aromatic N) is 1. The number of aromatic nitrogens is 1. The fourth-order valence-corrected chi connectivity index (χ4v) is 3.23. The normalized spacial score (nSPS) is 10.5. The van der Waals surface area contributed by atoms with E-state index in [-0.39, 0.29) is 5.91 Å². The second-order valence-corrected chi connectivity index (χ2v) is 6.72. The van der Waals surface area contributed by atoms with Crippen LogP contribution in [0.3, 0.4) is 0 Å². The topological polar surface area (TPSA) is 60.5 Å². The molecule has 1 heterocycles. The van der Waals surface area contributed by atoms with Gasteiger partial charge in [0.25, 0.3) is 5.91 Å². The first-order chi connectivity index (χ1) is 12.5. The van der Waals surface area contributed by atoms with E-state index >= 15 is 0 Å². The van der Waals surface area contributed by atoms with Crippen molar-refractivity contribution in [2.24, 2.45) is 0 Å². The zero-order chi connectivity index (χ0) is 18.7. The lowest BCUT2D eigenvalue weighted by Crippen LogP contribution is -2.12. The monoisotopic (exact) mass is 368 g/mol. The van der Waals surface area contributed by atoms with Gasteiger partial charge in [-0.05, 0) is 55.3 Å². The number of carbonyl (C=O) groups excluding carboxylic acids is 1. The number of rotatable bonds is 5. The summed E-state index contributed by atoms with van der Waals surface area (Å²) >= 11 is 1.38. The van der Waals surface area contributed by atoms with Gasteiger partial charge in [0.15, 0.2) is 16.6 Å². The summed E-state index contributed by atoms with van der Waals surface area (Å²) in [7, 11) is 3.19. The zero-order valence-corrected chi connectivity index (χ0v) is 15.9. The highest BCUT2D eigenvalue weighted by atomic mass is 32.1. The molecule has 0 unspecified atom stereocenters. The second kappa shape index (κ2) is 7.58. The molecule has 0 radical (unpaired) electrons. The van der Waals surface area contributed by atoms with Crippen molar-refractivity contribution in [3.05, 3.63) is 58.5 Å². The summed E-state index contributed by atoms with van der Waals surface area (Å²) in [5.74, 6) is 1.13. The Kier molecular flexibility index (Phi) is 5.23. The number of benzene rings is 2. The van der Waals surface area contributed by atoms with Gasteiger partial charge in [-0.1, -0.05) is 6.07 Å². The summed E-state index contributed by atoms with van der Waals surface area (Å²) in [6, 6.07) is 11.3. The second-order valence-electron chi connectivity index (χ2n) is 5.86. The Morgan fingerprint density at radius 3 is 2.46 bits per heavy atom. The SMILES string of the molecule is COc1ccc(-c2csc(NC(=O)c3ccc(C)c(C)c3)n2)cc1OC. The Morgan fingerprint density at radius 2 is 1.77 bits per heavy atom. The van der Waals surface area contributed by atoms with E-state index in [0.717, 1.165) is 22.4 Å². The van der Waals surface area contributed by atoms with Crippen molar-refractivity contribution < 1.29 is 14.3 Å². The third-order valence-corrected chi connectivity index (χ3v) is 4.93. The fraction of sp³-hybridized carbons (Fsp3) is 0.200. The summed E-state index contributed by atoms with van der Waals surface area (Å²) in [4.78, 5) is 16.9. The number of aryl methyl sites for hydroxylation is 2. The van der Waals surface area contributed by atoms with Gasteiger partial charge in [-0.25, -0.2) is 4.98 Å². The van der Waals surface area contributed by atoms with E-state index in [1.807, 2.05) is 55.6 Å². The van der Waals surface area contributed by atoms with Gasteiger partial charge in [0, 0.05) is 16.5 Å². The maximum Gasteiger partial charge on any atom is 0.257 e. The molecule has 3 aromatic rings. The van der Waals surface area contributed by atoms with Crippen LogP contribution in [0.1, 0.15) is 21.5 Å². The molecular weight excluding hydrogens is 348 g/mol. The van der Waals surface area contributed by atoms with E-state index in [4.69, 9.17) is 9.47 Å². The number of methoxy groups -OCH3 is 2. The highest BCUT2D eigenvalue weighted by molar-refractivity contribution is 7.14. The van der Waals surface area contributed by atoms with Crippen LogP contribution in [0, 0.1) is 13.8 Å². The molecule has 0 aliphatic heterocycles. The summed E-state index contributed by atoms with van der Waals surface area (Å²) in [5, 5.41) is 5.31. The van der Waals surface area contributed by atoms with E-state index < -0.39 is 0 Å². The Bertz CT molecular complexity index is 950. The molecule has 1 amide bonds. The molecule has 0 atom stereocenters. The standard InChI is InChI=1S/C20H20N2O3S/c1-12-5-6-15(9-13(12)2)19(23)22-20-21-16(11-26-20)14-7-8-17(24-3)18(10-14)25-4/h5-11H,1-4H3,(H,21,22,23). The average Bonchev–Trinajstić information content (AvgIpc) is 3.11. The Morgan fingerprint density at radius 1 is 1.00 bits per heavy atom. The van der Waals surface area contributed by atoms with Crippen LogP contribution >= 0.6 is 11.3 Å². The maximum atomic E-state index is 12.4. The number of hydrogen-bond donors (Lipinski definition) is 1. The minimum atomic E-state index is -0.165.